The Morgan fingerprint density at radius 2 is 2.08 bits per heavy atom. The van der Waals surface area contributed by atoms with Gasteiger partial charge in [0, 0.05) is 10.5 Å². The minimum absolute atomic E-state index is 0.130. The van der Waals surface area contributed by atoms with Crippen LogP contribution < -0.4 is 0 Å². The molecule has 12 heavy (non-hydrogen) atoms. The monoisotopic (exact) mass is 180 g/mol. The van der Waals surface area contributed by atoms with Gasteiger partial charge in [0.1, 0.15) is 0 Å². The molecule has 0 saturated heterocycles. The van der Waals surface area contributed by atoms with E-state index in [4.69, 9.17) is 0 Å². The molecular formula is C10H12OS. The van der Waals surface area contributed by atoms with Crippen LogP contribution in [0.25, 0.3) is 0 Å². The first-order chi connectivity index (χ1) is 5.65. The third-order valence-electron chi connectivity index (χ3n) is 1.80. The third kappa shape index (κ3) is 1.89. The fourth-order valence-corrected chi connectivity index (χ4v) is 1.68. The van der Waals surface area contributed by atoms with Crippen molar-refractivity contribution in [1.82, 2.24) is 0 Å². The molecule has 0 bridgehead atoms. The third-order valence-corrected chi connectivity index (χ3v) is 2.70. The second-order valence-electron chi connectivity index (χ2n) is 2.74. The van der Waals surface area contributed by atoms with Crippen LogP contribution in [-0.4, -0.2) is 12.0 Å². The molecule has 0 unspecified atom stereocenters. The van der Waals surface area contributed by atoms with Gasteiger partial charge < -0.3 is 0 Å². The Bertz CT molecular complexity index is 305. The maximum atomic E-state index is 11.0. The average molecular weight is 180 g/mol. The van der Waals surface area contributed by atoms with Crippen molar-refractivity contribution >= 4 is 17.5 Å². The van der Waals surface area contributed by atoms with E-state index in [1.54, 1.807) is 18.7 Å². The number of carbonyl (C=O) groups excluding carboxylic acids is 1. The minimum atomic E-state index is 0.130. The largest absolute Gasteiger partial charge is 0.295 e. The van der Waals surface area contributed by atoms with Gasteiger partial charge in [-0.25, -0.2) is 0 Å². The van der Waals surface area contributed by atoms with Crippen LogP contribution in [0.3, 0.4) is 0 Å². The first kappa shape index (κ1) is 9.33. The first-order valence-electron chi connectivity index (χ1n) is 3.80. The number of thioether (sulfide) groups is 1. The van der Waals surface area contributed by atoms with Crippen molar-refractivity contribution in [2.45, 2.75) is 18.7 Å². The van der Waals surface area contributed by atoms with E-state index in [2.05, 4.69) is 0 Å². The molecule has 0 atom stereocenters. The van der Waals surface area contributed by atoms with Crippen LogP contribution in [0.15, 0.2) is 23.1 Å². The topological polar surface area (TPSA) is 17.1 Å². The number of aryl methyl sites for hydroxylation is 1. The Morgan fingerprint density at radius 3 is 2.50 bits per heavy atom. The second kappa shape index (κ2) is 3.76. The molecule has 1 aromatic carbocycles. The molecule has 0 saturated carbocycles. The quantitative estimate of drug-likeness (QED) is 0.514. The van der Waals surface area contributed by atoms with Crippen LogP contribution >= 0.6 is 11.8 Å². The summed E-state index contributed by atoms with van der Waals surface area (Å²) in [6.45, 7) is 3.62. The molecule has 0 heterocycles. The highest BCUT2D eigenvalue weighted by molar-refractivity contribution is 7.98. The number of carbonyl (C=O) groups is 1. The molecule has 0 aliphatic heterocycles. The molecule has 1 aromatic rings. The van der Waals surface area contributed by atoms with Gasteiger partial charge in [0.25, 0.3) is 0 Å². The number of rotatable bonds is 2. The van der Waals surface area contributed by atoms with E-state index in [0.29, 0.717) is 0 Å². The van der Waals surface area contributed by atoms with Gasteiger partial charge in [-0.3, -0.25) is 4.79 Å². The molecular weight excluding hydrogens is 168 g/mol. The summed E-state index contributed by atoms with van der Waals surface area (Å²) in [5.74, 6) is 0.130. The number of ketones is 1. The van der Waals surface area contributed by atoms with E-state index < -0.39 is 0 Å². The Balaban J connectivity index is 3.10. The smallest absolute Gasteiger partial charge is 0.159 e. The van der Waals surface area contributed by atoms with Gasteiger partial charge in [0.15, 0.2) is 5.78 Å². The zero-order valence-corrected chi connectivity index (χ0v) is 8.37. The summed E-state index contributed by atoms with van der Waals surface area (Å²) < 4.78 is 0. The van der Waals surface area contributed by atoms with Gasteiger partial charge in [-0.2, -0.15) is 0 Å². The lowest BCUT2D eigenvalue weighted by Crippen LogP contribution is -1.92. The number of benzene rings is 1. The van der Waals surface area contributed by atoms with Crippen LogP contribution in [0.4, 0.5) is 0 Å². The van der Waals surface area contributed by atoms with Crippen molar-refractivity contribution in [1.29, 1.82) is 0 Å². The van der Waals surface area contributed by atoms with E-state index in [9.17, 15) is 4.79 Å². The molecule has 0 aromatic heterocycles. The SMILES string of the molecule is CSc1ccc(C(C)=O)cc1C. The molecule has 0 N–H and O–H groups in total. The summed E-state index contributed by atoms with van der Waals surface area (Å²) in [6.07, 6.45) is 2.04. The molecule has 0 amide bonds. The van der Waals surface area contributed by atoms with Gasteiger partial charge >= 0.3 is 0 Å². The molecule has 1 nitrogen and oxygen atoms in total. The van der Waals surface area contributed by atoms with E-state index in [1.165, 1.54) is 10.5 Å². The van der Waals surface area contributed by atoms with Crippen LogP contribution in [0, 0.1) is 6.92 Å². The molecule has 0 aliphatic rings. The van der Waals surface area contributed by atoms with Crippen molar-refractivity contribution < 1.29 is 4.79 Å². The second-order valence-corrected chi connectivity index (χ2v) is 3.59. The number of hydrogen-bond acceptors (Lipinski definition) is 2. The van der Waals surface area contributed by atoms with Crippen molar-refractivity contribution in [2.24, 2.45) is 0 Å². The fourth-order valence-electron chi connectivity index (χ4n) is 1.10. The lowest BCUT2D eigenvalue weighted by Gasteiger charge is -2.03. The molecule has 0 aliphatic carbocycles. The van der Waals surface area contributed by atoms with Gasteiger partial charge in [-0.1, -0.05) is 6.07 Å². The first-order valence-corrected chi connectivity index (χ1v) is 5.03. The van der Waals surface area contributed by atoms with E-state index in [0.717, 1.165) is 5.56 Å². The standard InChI is InChI=1S/C10H12OS/c1-7-6-9(8(2)11)4-5-10(7)12-3/h4-6H,1-3H3. The van der Waals surface area contributed by atoms with Crippen molar-refractivity contribution in [3.05, 3.63) is 29.3 Å². The Labute approximate surface area is 77.2 Å². The zero-order chi connectivity index (χ0) is 9.14. The molecule has 2 heteroatoms. The zero-order valence-electron chi connectivity index (χ0n) is 7.55. The van der Waals surface area contributed by atoms with E-state index in [1.807, 2.05) is 31.4 Å². The normalized spacial score (nSPS) is 9.92. The molecule has 0 spiro atoms. The predicted molar refractivity (Wildman–Crippen MR) is 53.0 cm³/mol. The van der Waals surface area contributed by atoms with Crippen LogP contribution in [0.5, 0.6) is 0 Å². The summed E-state index contributed by atoms with van der Waals surface area (Å²) in [5, 5.41) is 0. The average Bonchev–Trinajstić information content (AvgIpc) is 2.04. The Morgan fingerprint density at radius 1 is 1.42 bits per heavy atom. The summed E-state index contributed by atoms with van der Waals surface area (Å²) in [4.78, 5) is 12.2. The lowest BCUT2D eigenvalue weighted by molar-refractivity contribution is 0.101. The fraction of sp³-hybridized carbons (Fsp3) is 0.300. The summed E-state index contributed by atoms with van der Waals surface area (Å²) in [6, 6.07) is 5.81. The Kier molecular flexibility index (Phi) is 2.93. The minimum Gasteiger partial charge on any atom is -0.295 e. The lowest BCUT2D eigenvalue weighted by atomic mass is 10.1. The van der Waals surface area contributed by atoms with E-state index in [-0.39, 0.29) is 5.78 Å². The summed E-state index contributed by atoms with van der Waals surface area (Å²) in [7, 11) is 0. The predicted octanol–water partition coefficient (Wildman–Crippen LogP) is 2.92. The maximum Gasteiger partial charge on any atom is 0.159 e. The van der Waals surface area contributed by atoms with Gasteiger partial charge in [0.2, 0.25) is 0 Å². The van der Waals surface area contributed by atoms with E-state index >= 15 is 0 Å². The van der Waals surface area contributed by atoms with Crippen molar-refractivity contribution in [3.8, 4) is 0 Å². The van der Waals surface area contributed by atoms with Gasteiger partial charge in [-0.15, -0.1) is 11.8 Å². The molecule has 1 rings (SSSR count). The number of hydrogen-bond donors (Lipinski definition) is 0. The highest BCUT2D eigenvalue weighted by atomic mass is 32.2. The van der Waals surface area contributed by atoms with Crippen molar-refractivity contribution in [2.75, 3.05) is 6.26 Å². The van der Waals surface area contributed by atoms with Gasteiger partial charge in [-0.05, 0) is 37.8 Å². The summed E-state index contributed by atoms with van der Waals surface area (Å²) in [5.41, 5.74) is 1.97. The molecule has 0 radical (unpaired) electrons. The highest BCUT2D eigenvalue weighted by Gasteiger charge is 2.01. The number of Topliss-reactive ketones (excluding diaryl/α,β-unsaturated/α-hetero) is 1. The van der Waals surface area contributed by atoms with Crippen LogP contribution in [0.1, 0.15) is 22.8 Å². The molecule has 0 fully saturated rings. The molecule has 64 valence electrons. The maximum absolute atomic E-state index is 11.0. The van der Waals surface area contributed by atoms with Crippen LogP contribution in [0.2, 0.25) is 0 Å². The van der Waals surface area contributed by atoms with Gasteiger partial charge in [0.05, 0.1) is 0 Å². The Hall–Kier alpha value is -0.760. The van der Waals surface area contributed by atoms with Crippen molar-refractivity contribution in [3.63, 3.8) is 0 Å². The highest BCUT2D eigenvalue weighted by Crippen LogP contribution is 2.20. The van der Waals surface area contributed by atoms with Crippen LogP contribution in [-0.2, 0) is 0 Å². The summed E-state index contributed by atoms with van der Waals surface area (Å²) >= 11 is 1.70.